The van der Waals surface area contributed by atoms with Crippen LogP contribution in [0.3, 0.4) is 0 Å². The van der Waals surface area contributed by atoms with Crippen LogP contribution in [0.15, 0.2) is 0 Å². The largest absolute Gasteiger partial charge is 0.466 e. The van der Waals surface area contributed by atoms with Crippen molar-refractivity contribution in [2.24, 2.45) is 11.3 Å². The molecule has 0 unspecified atom stereocenters. The first-order valence-electron chi connectivity index (χ1n) is 5.51. The van der Waals surface area contributed by atoms with Gasteiger partial charge in [-0.1, -0.05) is 13.8 Å². The molecule has 1 aliphatic rings. The fourth-order valence-electron chi connectivity index (χ4n) is 2.11. The summed E-state index contributed by atoms with van der Waals surface area (Å²) in [7, 11) is 0. The van der Waals surface area contributed by atoms with Gasteiger partial charge >= 0.3 is 5.97 Å². The lowest BCUT2D eigenvalue weighted by Gasteiger charge is -2.38. The average Bonchev–Trinajstić information content (AvgIpc) is 2.19. The highest BCUT2D eigenvalue weighted by atomic mass is 16.5. The fourth-order valence-corrected chi connectivity index (χ4v) is 2.11. The third-order valence-corrected chi connectivity index (χ3v) is 3.20. The first-order valence-corrected chi connectivity index (χ1v) is 5.51. The third kappa shape index (κ3) is 2.08. The summed E-state index contributed by atoms with van der Waals surface area (Å²) in [5.74, 6) is 0.316. The molecule has 0 spiro atoms. The highest BCUT2D eigenvalue weighted by molar-refractivity contribution is 5.77. The number of carbonyl (C=O) groups excluding carboxylic acids is 1. The van der Waals surface area contributed by atoms with E-state index in [2.05, 4.69) is 19.2 Å². The van der Waals surface area contributed by atoms with Crippen LogP contribution in [-0.4, -0.2) is 25.7 Å². The molecular formula is C11H21NO2. The van der Waals surface area contributed by atoms with E-state index in [1.165, 1.54) is 0 Å². The Labute approximate surface area is 86.2 Å². The van der Waals surface area contributed by atoms with Crippen LogP contribution in [0, 0.1) is 11.3 Å². The van der Waals surface area contributed by atoms with Crippen LogP contribution in [0.1, 0.15) is 33.6 Å². The Morgan fingerprint density at radius 2 is 2.29 bits per heavy atom. The Morgan fingerprint density at radius 3 is 2.71 bits per heavy atom. The number of rotatable bonds is 3. The summed E-state index contributed by atoms with van der Waals surface area (Å²) in [6.45, 7) is 8.33. The molecule has 0 saturated carbocycles. The highest BCUT2D eigenvalue weighted by Gasteiger charge is 2.43. The second-order valence-electron chi connectivity index (χ2n) is 4.31. The zero-order valence-corrected chi connectivity index (χ0v) is 9.43. The van der Waals surface area contributed by atoms with Gasteiger partial charge in [0.25, 0.3) is 0 Å². The molecule has 1 heterocycles. The van der Waals surface area contributed by atoms with Gasteiger partial charge < -0.3 is 10.1 Å². The van der Waals surface area contributed by atoms with E-state index in [0.717, 1.165) is 25.9 Å². The van der Waals surface area contributed by atoms with Gasteiger partial charge in [-0.3, -0.25) is 4.79 Å². The van der Waals surface area contributed by atoms with Crippen molar-refractivity contribution in [3.05, 3.63) is 0 Å². The van der Waals surface area contributed by atoms with Crippen molar-refractivity contribution in [2.75, 3.05) is 19.7 Å². The summed E-state index contributed by atoms with van der Waals surface area (Å²) in [5.41, 5.74) is -0.283. The lowest BCUT2D eigenvalue weighted by Crippen LogP contribution is -2.49. The molecule has 0 amide bonds. The van der Waals surface area contributed by atoms with Gasteiger partial charge in [0.2, 0.25) is 0 Å². The molecule has 0 aromatic rings. The van der Waals surface area contributed by atoms with Crippen molar-refractivity contribution >= 4 is 5.97 Å². The number of ether oxygens (including phenoxy) is 1. The lowest BCUT2D eigenvalue weighted by molar-refractivity contribution is -0.159. The van der Waals surface area contributed by atoms with E-state index in [-0.39, 0.29) is 11.4 Å². The van der Waals surface area contributed by atoms with Gasteiger partial charge in [-0.05, 0) is 32.2 Å². The summed E-state index contributed by atoms with van der Waals surface area (Å²) >= 11 is 0. The second-order valence-corrected chi connectivity index (χ2v) is 4.31. The third-order valence-electron chi connectivity index (χ3n) is 3.20. The SMILES string of the molecule is CCOC(=O)[C@@]1(C(C)C)CCCNC1. The van der Waals surface area contributed by atoms with Crippen LogP contribution in [0.25, 0.3) is 0 Å². The molecule has 1 rings (SSSR count). The van der Waals surface area contributed by atoms with E-state index >= 15 is 0 Å². The van der Waals surface area contributed by atoms with Crippen LogP contribution < -0.4 is 5.32 Å². The quantitative estimate of drug-likeness (QED) is 0.701. The molecule has 14 heavy (non-hydrogen) atoms. The van der Waals surface area contributed by atoms with E-state index < -0.39 is 0 Å². The van der Waals surface area contributed by atoms with Crippen molar-refractivity contribution < 1.29 is 9.53 Å². The monoisotopic (exact) mass is 199 g/mol. The molecule has 0 radical (unpaired) electrons. The maximum absolute atomic E-state index is 11.9. The summed E-state index contributed by atoms with van der Waals surface area (Å²) in [5, 5.41) is 3.30. The maximum atomic E-state index is 11.9. The predicted molar refractivity (Wildman–Crippen MR) is 56.0 cm³/mol. The van der Waals surface area contributed by atoms with Crippen molar-refractivity contribution in [1.29, 1.82) is 0 Å². The molecule has 1 atom stereocenters. The molecule has 1 N–H and O–H groups in total. The molecule has 1 fully saturated rings. The van der Waals surface area contributed by atoms with Gasteiger partial charge in [-0.15, -0.1) is 0 Å². The molecule has 3 nitrogen and oxygen atoms in total. The number of piperidine rings is 1. The summed E-state index contributed by atoms with van der Waals surface area (Å²) in [6.07, 6.45) is 2.02. The molecular weight excluding hydrogens is 178 g/mol. The van der Waals surface area contributed by atoms with Gasteiger partial charge in [0.15, 0.2) is 0 Å². The van der Waals surface area contributed by atoms with Crippen molar-refractivity contribution in [3.63, 3.8) is 0 Å². The minimum absolute atomic E-state index is 0.0257. The summed E-state index contributed by atoms with van der Waals surface area (Å²) in [4.78, 5) is 11.9. The van der Waals surface area contributed by atoms with Crippen molar-refractivity contribution in [1.82, 2.24) is 5.32 Å². The van der Waals surface area contributed by atoms with Crippen molar-refractivity contribution in [3.8, 4) is 0 Å². The van der Waals surface area contributed by atoms with E-state index in [9.17, 15) is 4.79 Å². The zero-order valence-electron chi connectivity index (χ0n) is 9.43. The van der Waals surface area contributed by atoms with Gasteiger partial charge in [-0.25, -0.2) is 0 Å². The van der Waals surface area contributed by atoms with E-state index in [0.29, 0.717) is 12.5 Å². The van der Waals surface area contributed by atoms with Crippen molar-refractivity contribution in [2.45, 2.75) is 33.6 Å². The predicted octanol–water partition coefficient (Wildman–Crippen LogP) is 1.58. The summed E-state index contributed by atoms with van der Waals surface area (Å²) in [6, 6.07) is 0. The van der Waals surface area contributed by atoms with Gasteiger partial charge in [0.05, 0.1) is 12.0 Å². The second kappa shape index (κ2) is 4.78. The van der Waals surface area contributed by atoms with Crippen LogP contribution in [0.5, 0.6) is 0 Å². The minimum atomic E-state index is -0.283. The molecule has 82 valence electrons. The molecule has 1 saturated heterocycles. The zero-order chi connectivity index (χ0) is 10.6. The standard InChI is InChI=1S/C11H21NO2/c1-4-14-10(13)11(9(2)3)6-5-7-12-8-11/h9,12H,4-8H2,1-3H3/t11-/m0/s1. The highest BCUT2D eigenvalue weighted by Crippen LogP contribution is 2.35. The van der Waals surface area contributed by atoms with Crippen LogP contribution in [0.4, 0.5) is 0 Å². The summed E-state index contributed by atoms with van der Waals surface area (Å²) < 4.78 is 5.17. The smallest absolute Gasteiger partial charge is 0.313 e. The van der Waals surface area contributed by atoms with Crippen LogP contribution >= 0.6 is 0 Å². The number of carbonyl (C=O) groups is 1. The first-order chi connectivity index (χ1) is 6.63. The Kier molecular flexibility index (Phi) is 3.93. The Bertz CT molecular complexity index is 195. The Morgan fingerprint density at radius 1 is 1.57 bits per heavy atom. The van der Waals surface area contributed by atoms with Crippen LogP contribution in [-0.2, 0) is 9.53 Å². The van der Waals surface area contributed by atoms with E-state index in [1.54, 1.807) is 0 Å². The maximum Gasteiger partial charge on any atom is 0.313 e. The topological polar surface area (TPSA) is 38.3 Å². The minimum Gasteiger partial charge on any atom is -0.466 e. The molecule has 1 aliphatic heterocycles. The molecule has 0 aliphatic carbocycles. The van der Waals surface area contributed by atoms with Gasteiger partial charge in [-0.2, -0.15) is 0 Å². The lowest BCUT2D eigenvalue weighted by atomic mass is 9.72. The van der Waals surface area contributed by atoms with Gasteiger partial charge in [0.1, 0.15) is 0 Å². The molecule has 0 aromatic heterocycles. The molecule has 3 heteroatoms. The first kappa shape index (κ1) is 11.5. The normalized spacial score (nSPS) is 27.7. The van der Waals surface area contributed by atoms with E-state index in [4.69, 9.17) is 4.74 Å². The average molecular weight is 199 g/mol. The molecule has 0 bridgehead atoms. The number of hydrogen-bond acceptors (Lipinski definition) is 3. The molecule has 0 aromatic carbocycles. The Balaban J connectivity index is 2.74. The number of hydrogen-bond donors (Lipinski definition) is 1. The fraction of sp³-hybridized carbons (Fsp3) is 0.909. The van der Waals surface area contributed by atoms with Gasteiger partial charge in [0, 0.05) is 6.54 Å². The number of nitrogens with one attached hydrogen (secondary N) is 1. The van der Waals surface area contributed by atoms with E-state index in [1.807, 2.05) is 6.92 Å². The Hall–Kier alpha value is -0.570. The van der Waals surface area contributed by atoms with Crippen LogP contribution in [0.2, 0.25) is 0 Å². The number of esters is 1.